The average molecular weight is 408 g/mol. The van der Waals surface area contributed by atoms with E-state index in [9.17, 15) is 19.5 Å². The zero-order valence-corrected chi connectivity index (χ0v) is 17.9. The van der Waals surface area contributed by atoms with Crippen molar-refractivity contribution in [1.82, 2.24) is 10.2 Å². The Hall–Kier alpha value is -2.45. The zero-order chi connectivity index (χ0) is 22.4. The van der Waals surface area contributed by atoms with Gasteiger partial charge in [-0.2, -0.15) is 0 Å². The highest BCUT2D eigenvalue weighted by Gasteiger charge is 2.43. The van der Waals surface area contributed by atoms with Crippen LogP contribution in [0.15, 0.2) is 30.3 Å². The van der Waals surface area contributed by atoms with E-state index < -0.39 is 41.2 Å². The standard InChI is InChI=1S/C21H32N2O6/c1-20(2,3)23(21(4,5)6)15(17(24)22-19(27)28)12-16(18(25)26)29-13-14-10-8-7-9-11-14/h7-11,15-16H,12-13H2,1-6H3,(H,22,24)(H,25,26)(H,27,28)/t15-,16?/m0/s1. The number of rotatable bonds is 8. The first-order valence-corrected chi connectivity index (χ1v) is 9.45. The molecule has 0 spiro atoms. The van der Waals surface area contributed by atoms with Gasteiger partial charge in [-0.05, 0) is 47.1 Å². The fraction of sp³-hybridized carbons (Fsp3) is 0.571. The van der Waals surface area contributed by atoms with Gasteiger partial charge >= 0.3 is 12.1 Å². The predicted octanol–water partition coefficient (Wildman–Crippen LogP) is 3.11. The van der Waals surface area contributed by atoms with Gasteiger partial charge in [-0.3, -0.25) is 15.0 Å². The number of ether oxygens (including phenoxy) is 1. The summed E-state index contributed by atoms with van der Waals surface area (Å²) in [7, 11) is 0. The number of carboxylic acids is 1. The van der Waals surface area contributed by atoms with Crippen LogP contribution in [0.5, 0.6) is 0 Å². The predicted molar refractivity (Wildman–Crippen MR) is 109 cm³/mol. The fourth-order valence-electron chi connectivity index (χ4n) is 3.67. The maximum atomic E-state index is 12.7. The van der Waals surface area contributed by atoms with Crippen molar-refractivity contribution in [2.24, 2.45) is 0 Å². The number of aliphatic carboxylic acids is 1. The van der Waals surface area contributed by atoms with Gasteiger partial charge in [0.2, 0.25) is 5.91 Å². The summed E-state index contributed by atoms with van der Waals surface area (Å²) in [6.45, 7) is 11.4. The maximum absolute atomic E-state index is 12.7. The number of hydrogen-bond donors (Lipinski definition) is 3. The van der Waals surface area contributed by atoms with Gasteiger partial charge in [-0.25, -0.2) is 9.59 Å². The lowest BCUT2D eigenvalue weighted by Crippen LogP contribution is -2.63. The van der Waals surface area contributed by atoms with Crippen molar-refractivity contribution in [3.05, 3.63) is 35.9 Å². The van der Waals surface area contributed by atoms with Crippen LogP contribution in [0.25, 0.3) is 0 Å². The highest BCUT2D eigenvalue weighted by molar-refractivity contribution is 5.94. The Morgan fingerprint density at radius 2 is 1.52 bits per heavy atom. The van der Waals surface area contributed by atoms with E-state index in [-0.39, 0.29) is 13.0 Å². The highest BCUT2D eigenvalue weighted by Crippen LogP contribution is 2.30. The summed E-state index contributed by atoms with van der Waals surface area (Å²) < 4.78 is 5.60. The van der Waals surface area contributed by atoms with Crippen molar-refractivity contribution in [2.75, 3.05) is 0 Å². The smallest absolute Gasteiger partial charge is 0.411 e. The van der Waals surface area contributed by atoms with Crippen molar-refractivity contribution in [3.63, 3.8) is 0 Å². The first-order valence-electron chi connectivity index (χ1n) is 9.45. The van der Waals surface area contributed by atoms with E-state index in [1.165, 1.54) is 0 Å². The average Bonchev–Trinajstić information content (AvgIpc) is 2.54. The number of carbonyl (C=O) groups is 3. The molecule has 1 rings (SSSR count). The minimum atomic E-state index is -1.49. The second-order valence-corrected chi connectivity index (χ2v) is 8.88. The fourth-order valence-corrected chi connectivity index (χ4v) is 3.67. The molecule has 1 unspecified atom stereocenters. The molecule has 0 fully saturated rings. The Balaban J connectivity index is 3.19. The molecule has 0 saturated carbocycles. The SMILES string of the molecule is CC(C)(C)N([C@@H](CC(OCc1ccccc1)C(=O)O)C(=O)NC(=O)O)C(C)(C)C. The van der Waals surface area contributed by atoms with E-state index >= 15 is 0 Å². The van der Waals surface area contributed by atoms with Crippen molar-refractivity contribution < 1.29 is 29.3 Å². The number of benzene rings is 1. The van der Waals surface area contributed by atoms with Crippen molar-refractivity contribution >= 4 is 18.0 Å². The van der Waals surface area contributed by atoms with Crippen LogP contribution >= 0.6 is 0 Å². The largest absolute Gasteiger partial charge is 0.479 e. The minimum Gasteiger partial charge on any atom is -0.479 e. The number of nitrogens with zero attached hydrogens (tertiary/aromatic N) is 1. The van der Waals surface area contributed by atoms with Crippen molar-refractivity contribution in [3.8, 4) is 0 Å². The lowest BCUT2D eigenvalue weighted by atomic mass is 9.90. The third-order valence-electron chi connectivity index (χ3n) is 4.30. The Bertz CT molecular complexity index is 692. The molecule has 162 valence electrons. The molecular weight excluding hydrogens is 376 g/mol. The molecule has 1 aromatic rings. The van der Waals surface area contributed by atoms with Gasteiger partial charge in [0.1, 0.15) is 0 Å². The third kappa shape index (κ3) is 7.83. The number of carboxylic acid groups (broad SMARTS) is 2. The van der Waals surface area contributed by atoms with Crippen LogP contribution < -0.4 is 5.32 Å². The van der Waals surface area contributed by atoms with Gasteiger partial charge in [-0.1, -0.05) is 30.3 Å². The summed E-state index contributed by atoms with van der Waals surface area (Å²) in [5.41, 5.74) is -0.281. The van der Waals surface area contributed by atoms with Gasteiger partial charge in [0.15, 0.2) is 6.10 Å². The molecule has 0 aliphatic heterocycles. The number of hydrogen-bond acceptors (Lipinski definition) is 5. The van der Waals surface area contributed by atoms with Crippen LogP contribution in [-0.4, -0.2) is 56.3 Å². The number of amides is 2. The second kappa shape index (κ2) is 9.84. The van der Waals surface area contributed by atoms with E-state index in [0.717, 1.165) is 5.56 Å². The molecular formula is C21H32N2O6. The molecule has 29 heavy (non-hydrogen) atoms. The van der Waals surface area contributed by atoms with Crippen molar-refractivity contribution in [1.29, 1.82) is 0 Å². The molecule has 0 aromatic heterocycles. The summed E-state index contributed by atoms with van der Waals surface area (Å²) in [6.07, 6.45) is -2.97. The molecule has 8 nitrogen and oxygen atoms in total. The maximum Gasteiger partial charge on any atom is 0.411 e. The monoisotopic (exact) mass is 408 g/mol. The normalized spacial score (nSPS) is 14.3. The van der Waals surface area contributed by atoms with E-state index in [0.29, 0.717) is 0 Å². The lowest BCUT2D eigenvalue weighted by Gasteiger charge is -2.49. The Morgan fingerprint density at radius 1 is 1.00 bits per heavy atom. The highest BCUT2D eigenvalue weighted by atomic mass is 16.5. The molecule has 0 aliphatic carbocycles. The quantitative estimate of drug-likeness (QED) is 0.605. The molecule has 3 N–H and O–H groups in total. The van der Waals surface area contributed by atoms with E-state index in [4.69, 9.17) is 9.84 Å². The van der Waals surface area contributed by atoms with Gasteiger partial charge in [-0.15, -0.1) is 0 Å². The summed E-state index contributed by atoms with van der Waals surface area (Å²) in [5, 5.41) is 20.6. The van der Waals surface area contributed by atoms with Crippen LogP contribution in [0.2, 0.25) is 0 Å². The van der Waals surface area contributed by atoms with Crippen LogP contribution in [0.3, 0.4) is 0 Å². The molecule has 1 aromatic carbocycles. The Kier molecular flexibility index (Phi) is 8.35. The first kappa shape index (κ1) is 24.6. The van der Waals surface area contributed by atoms with E-state index in [2.05, 4.69) is 0 Å². The summed E-state index contributed by atoms with van der Waals surface area (Å²) in [6, 6.07) is 8.07. The molecule has 0 heterocycles. The summed E-state index contributed by atoms with van der Waals surface area (Å²) in [4.78, 5) is 37.5. The minimum absolute atomic E-state index is 0.0656. The molecule has 0 bridgehead atoms. The number of imide groups is 1. The molecule has 2 amide bonds. The lowest BCUT2D eigenvalue weighted by molar-refractivity contribution is -0.155. The Morgan fingerprint density at radius 3 is 1.93 bits per heavy atom. The van der Waals surface area contributed by atoms with Crippen LogP contribution in [0.4, 0.5) is 4.79 Å². The molecule has 0 saturated heterocycles. The summed E-state index contributed by atoms with van der Waals surface area (Å²) >= 11 is 0. The second-order valence-electron chi connectivity index (χ2n) is 8.88. The molecule has 8 heteroatoms. The van der Waals surface area contributed by atoms with E-state index in [1.807, 2.05) is 82.1 Å². The van der Waals surface area contributed by atoms with Gasteiger partial charge in [0, 0.05) is 17.5 Å². The number of nitrogens with one attached hydrogen (secondary N) is 1. The molecule has 0 aliphatic rings. The van der Waals surface area contributed by atoms with Crippen LogP contribution in [0, 0.1) is 0 Å². The Labute approximate surface area is 171 Å². The first-order chi connectivity index (χ1) is 13.2. The van der Waals surface area contributed by atoms with Gasteiger partial charge in [0.05, 0.1) is 12.6 Å². The molecule has 2 atom stereocenters. The van der Waals surface area contributed by atoms with Crippen LogP contribution in [-0.2, 0) is 20.9 Å². The van der Waals surface area contributed by atoms with Gasteiger partial charge < -0.3 is 14.9 Å². The van der Waals surface area contributed by atoms with Crippen LogP contribution in [0.1, 0.15) is 53.5 Å². The third-order valence-corrected chi connectivity index (χ3v) is 4.30. The van der Waals surface area contributed by atoms with Gasteiger partial charge in [0.25, 0.3) is 0 Å². The zero-order valence-electron chi connectivity index (χ0n) is 17.9. The van der Waals surface area contributed by atoms with Crippen molar-refractivity contribution in [2.45, 2.75) is 77.8 Å². The van der Waals surface area contributed by atoms with E-state index in [1.54, 1.807) is 0 Å². The number of carbonyl (C=O) groups excluding carboxylic acids is 1. The topological polar surface area (TPSA) is 116 Å². The summed E-state index contributed by atoms with van der Waals surface area (Å²) in [5.74, 6) is -1.99. The molecule has 0 radical (unpaired) electrons.